The molecule has 2 heteroatoms. The molecule has 0 bridgehead atoms. The minimum atomic E-state index is -0.286. The van der Waals surface area contributed by atoms with Crippen molar-refractivity contribution in [2.75, 3.05) is 0 Å². The Hall–Kier alpha value is -1.36. The van der Waals surface area contributed by atoms with Gasteiger partial charge in [-0.25, -0.2) is 4.39 Å². The third-order valence-electron chi connectivity index (χ3n) is 1.56. The molecular formula is C11H14FN. The van der Waals surface area contributed by atoms with Gasteiger partial charge in [0.1, 0.15) is 5.82 Å². The van der Waals surface area contributed by atoms with Gasteiger partial charge in [0.2, 0.25) is 0 Å². The molecule has 0 saturated carbocycles. The van der Waals surface area contributed by atoms with Crippen LogP contribution in [0.25, 0.3) is 0 Å². The molecule has 70 valence electrons. The summed E-state index contributed by atoms with van der Waals surface area (Å²) in [5.41, 5.74) is 1.03. The standard InChI is InChI=1S/C9H8FN.C2H6/c1-2-8-4-3-7(6-11)5-9(8)10;1-2/h3-5H,2H2,1H3;1-2H3. The molecule has 0 amide bonds. The topological polar surface area (TPSA) is 23.8 Å². The zero-order valence-corrected chi connectivity index (χ0v) is 8.26. The van der Waals surface area contributed by atoms with E-state index in [1.165, 1.54) is 6.07 Å². The molecule has 0 atom stereocenters. The minimum Gasteiger partial charge on any atom is -0.207 e. The second kappa shape index (κ2) is 6.19. The Labute approximate surface area is 78.8 Å². The van der Waals surface area contributed by atoms with Crippen molar-refractivity contribution < 1.29 is 4.39 Å². The predicted molar refractivity (Wildman–Crippen MR) is 51.8 cm³/mol. The molecule has 0 aliphatic rings. The number of benzene rings is 1. The van der Waals surface area contributed by atoms with Gasteiger partial charge >= 0.3 is 0 Å². The van der Waals surface area contributed by atoms with Crippen LogP contribution in [0.3, 0.4) is 0 Å². The van der Waals surface area contributed by atoms with Crippen LogP contribution in [0, 0.1) is 17.1 Å². The molecule has 1 nitrogen and oxygen atoms in total. The summed E-state index contributed by atoms with van der Waals surface area (Å²) < 4.78 is 12.9. The quantitative estimate of drug-likeness (QED) is 0.649. The molecule has 0 unspecified atom stereocenters. The highest BCUT2D eigenvalue weighted by Crippen LogP contribution is 2.09. The molecule has 0 aliphatic carbocycles. The lowest BCUT2D eigenvalue weighted by atomic mass is 10.1. The Balaban J connectivity index is 0.000000671. The molecule has 1 aromatic rings. The van der Waals surface area contributed by atoms with Crippen LogP contribution in [0.1, 0.15) is 31.9 Å². The van der Waals surface area contributed by atoms with Crippen molar-refractivity contribution in [3.05, 3.63) is 35.1 Å². The van der Waals surface area contributed by atoms with Gasteiger partial charge in [-0.15, -0.1) is 0 Å². The molecule has 0 N–H and O–H groups in total. The first-order chi connectivity index (χ1) is 6.27. The van der Waals surface area contributed by atoms with Crippen LogP contribution >= 0.6 is 0 Å². The normalized spacial score (nSPS) is 8.23. The van der Waals surface area contributed by atoms with Crippen LogP contribution in [0.15, 0.2) is 18.2 Å². The first kappa shape index (κ1) is 11.6. The molecule has 0 radical (unpaired) electrons. The molecule has 0 aromatic heterocycles. The molecule has 1 aromatic carbocycles. The van der Waals surface area contributed by atoms with Crippen molar-refractivity contribution in [2.45, 2.75) is 27.2 Å². The van der Waals surface area contributed by atoms with Crippen LogP contribution in [-0.2, 0) is 6.42 Å². The van der Waals surface area contributed by atoms with Crippen LogP contribution in [0.4, 0.5) is 4.39 Å². The first-order valence-corrected chi connectivity index (χ1v) is 4.46. The molecular weight excluding hydrogens is 165 g/mol. The summed E-state index contributed by atoms with van der Waals surface area (Å²) in [5, 5.41) is 8.41. The molecule has 0 saturated heterocycles. The Morgan fingerprint density at radius 3 is 2.38 bits per heavy atom. The number of nitrogens with zero attached hydrogens (tertiary/aromatic N) is 1. The third kappa shape index (κ3) is 3.25. The fourth-order valence-electron chi connectivity index (χ4n) is 0.904. The second-order valence-electron chi connectivity index (χ2n) is 2.27. The van der Waals surface area contributed by atoms with Gasteiger partial charge in [-0.3, -0.25) is 0 Å². The lowest BCUT2D eigenvalue weighted by Crippen LogP contribution is -1.87. The molecule has 13 heavy (non-hydrogen) atoms. The number of aryl methyl sites for hydroxylation is 1. The fourth-order valence-corrected chi connectivity index (χ4v) is 0.904. The van der Waals surface area contributed by atoms with E-state index in [1.54, 1.807) is 12.1 Å². The summed E-state index contributed by atoms with van der Waals surface area (Å²) in [7, 11) is 0. The summed E-state index contributed by atoms with van der Waals surface area (Å²) in [6.45, 7) is 5.88. The van der Waals surface area contributed by atoms with Crippen LogP contribution in [-0.4, -0.2) is 0 Å². The maximum Gasteiger partial charge on any atom is 0.127 e. The highest BCUT2D eigenvalue weighted by atomic mass is 19.1. The summed E-state index contributed by atoms with van der Waals surface area (Å²) in [5.74, 6) is -0.286. The van der Waals surface area contributed by atoms with Crippen molar-refractivity contribution in [1.29, 1.82) is 5.26 Å². The zero-order chi connectivity index (χ0) is 10.3. The van der Waals surface area contributed by atoms with Gasteiger partial charge in [0, 0.05) is 0 Å². The van der Waals surface area contributed by atoms with Crippen molar-refractivity contribution in [2.24, 2.45) is 0 Å². The molecule has 0 fully saturated rings. The Kier molecular flexibility index (Phi) is 5.54. The maximum atomic E-state index is 12.9. The van der Waals surface area contributed by atoms with E-state index in [2.05, 4.69) is 0 Å². The van der Waals surface area contributed by atoms with Gasteiger partial charge in [0.25, 0.3) is 0 Å². The number of rotatable bonds is 1. The Morgan fingerprint density at radius 1 is 1.38 bits per heavy atom. The van der Waals surface area contributed by atoms with Crippen molar-refractivity contribution >= 4 is 0 Å². The average molecular weight is 179 g/mol. The van der Waals surface area contributed by atoms with E-state index in [9.17, 15) is 4.39 Å². The van der Waals surface area contributed by atoms with Gasteiger partial charge in [-0.05, 0) is 24.1 Å². The van der Waals surface area contributed by atoms with Crippen molar-refractivity contribution in [3.8, 4) is 6.07 Å². The van der Waals surface area contributed by atoms with Crippen molar-refractivity contribution in [3.63, 3.8) is 0 Å². The highest BCUT2D eigenvalue weighted by molar-refractivity contribution is 5.32. The average Bonchev–Trinajstić information content (AvgIpc) is 2.20. The van der Waals surface area contributed by atoms with Crippen LogP contribution in [0.2, 0.25) is 0 Å². The lowest BCUT2D eigenvalue weighted by Gasteiger charge is -1.97. The van der Waals surface area contributed by atoms with E-state index in [1.807, 2.05) is 26.8 Å². The van der Waals surface area contributed by atoms with E-state index in [0.717, 1.165) is 0 Å². The smallest absolute Gasteiger partial charge is 0.127 e. The Morgan fingerprint density at radius 2 is 2.00 bits per heavy atom. The number of hydrogen-bond donors (Lipinski definition) is 0. The number of nitriles is 1. The minimum absolute atomic E-state index is 0.286. The number of hydrogen-bond acceptors (Lipinski definition) is 1. The summed E-state index contributed by atoms with van der Waals surface area (Å²) in [6, 6.07) is 6.42. The third-order valence-corrected chi connectivity index (χ3v) is 1.56. The van der Waals surface area contributed by atoms with E-state index in [0.29, 0.717) is 17.5 Å². The van der Waals surface area contributed by atoms with E-state index >= 15 is 0 Å². The predicted octanol–water partition coefficient (Wildman–Crippen LogP) is 3.29. The van der Waals surface area contributed by atoms with Gasteiger partial charge in [-0.2, -0.15) is 5.26 Å². The zero-order valence-electron chi connectivity index (χ0n) is 8.26. The van der Waals surface area contributed by atoms with E-state index in [4.69, 9.17) is 5.26 Å². The monoisotopic (exact) mass is 179 g/mol. The van der Waals surface area contributed by atoms with Gasteiger partial charge in [0.15, 0.2) is 0 Å². The lowest BCUT2D eigenvalue weighted by molar-refractivity contribution is 0.612. The fraction of sp³-hybridized carbons (Fsp3) is 0.364. The maximum absolute atomic E-state index is 12.9. The van der Waals surface area contributed by atoms with Gasteiger partial charge in [-0.1, -0.05) is 26.8 Å². The van der Waals surface area contributed by atoms with E-state index in [-0.39, 0.29) is 5.82 Å². The molecule has 1 rings (SSSR count). The van der Waals surface area contributed by atoms with Gasteiger partial charge in [0.05, 0.1) is 11.6 Å². The largest absolute Gasteiger partial charge is 0.207 e. The highest BCUT2D eigenvalue weighted by Gasteiger charge is 1.99. The summed E-state index contributed by atoms with van der Waals surface area (Å²) >= 11 is 0. The summed E-state index contributed by atoms with van der Waals surface area (Å²) in [4.78, 5) is 0. The molecule has 0 heterocycles. The number of halogens is 1. The Bertz CT molecular complexity index is 299. The van der Waals surface area contributed by atoms with Crippen LogP contribution in [0.5, 0.6) is 0 Å². The first-order valence-electron chi connectivity index (χ1n) is 4.46. The molecule has 0 aliphatic heterocycles. The van der Waals surface area contributed by atoms with E-state index < -0.39 is 0 Å². The summed E-state index contributed by atoms with van der Waals surface area (Å²) in [6.07, 6.45) is 0.664. The van der Waals surface area contributed by atoms with Crippen molar-refractivity contribution in [1.82, 2.24) is 0 Å². The second-order valence-corrected chi connectivity index (χ2v) is 2.27. The molecule has 0 spiro atoms. The SMILES string of the molecule is CC.CCc1ccc(C#N)cc1F. The van der Waals surface area contributed by atoms with Gasteiger partial charge < -0.3 is 0 Å². The van der Waals surface area contributed by atoms with Crippen LogP contribution < -0.4 is 0 Å².